The molecule has 0 aromatic carbocycles. The Balaban J connectivity index is 3.84. The van der Waals surface area contributed by atoms with Gasteiger partial charge in [0.15, 0.2) is 6.10 Å². The van der Waals surface area contributed by atoms with Gasteiger partial charge in [-0.2, -0.15) is 0 Å². The Bertz CT molecular complexity index is 1520. The van der Waals surface area contributed by atoms with E-state index in [0.29, 0.717) is 17.4 Å². The van der Waals surface area contributed by atoms with Crippen LogP contribution in [0.15, 0.2) is 12.2 Å². The van der Waals surface area contributed by atoms with Gasteiger partial charge in [-0.15, -0.1) is 0 Å². The first-order valence-corrected chi connectivity index (χ1v) is 41.9. The van der Waals surface area contributed by atoms with Crippen LogP contribution in [0.1, 0.15) is 438 Å². The Morgan fingerprint density at radius 2 is 0.567 bits per heavy atom. The maximum Gasteiger partial charge on any atom is 0.306 e. The molecular weight excluding hydrogens is 1130 g/mol. The maximum absolute atomic E-state index is 12.9. The third kappa shape index (κ3) is 75.8. The summed E-state index contributed by atoms with van der Waals surface area (Å²) >= 11 is 0. The average molecular weight is 1290 g/mol. The number of hydrogen-bond donors (Lipinski definition) is 0. The van der Waals surface area contributed by atoms with E-state index in [4.69, 9.17) is 18.5 Å². The molecule has 0 aliphatic carbocycles. The topological polar surface area (TPSA) is 111 Å². The first kappa shape index (κ1) is 88.8. The summed E-state index contributed by atoms with van der Waals surface area (Å²) in [6.07, 6.45) is 90.7. The number of rotatable bonds is 77. The maximum atomic E-state index is 12.9. The largest absolute Gasteiger partial charge is 0.756 e. The van der Waals surface area contributed by atoms with Gasteiger partial charge in [0, 0.05) is 12.8 Å². The minimum absolute atomic E-state index is 0.0264. The van der Waals surface area contributed by atoms with E-state index in [2.05, 4.69) is 26.0 Å². The fourth-order valence-corrected chi connectivity index (χ4v) is 13.3. The van der Waals surface area contributed by atoms with Crippen LogP contribution in [0.4, 0.5) is 0 Å². The van der Waals surface area contributed by atoms with Gasteiger partial charge in [0.2, 0.25) is 0 Å². The highest BCUT2D eigenvalue weighted by atomic mass is 31.2. The molecule has 2 unspecified atom stereocenters. The molecule has 0 N–H and O–H groups in total. The van der Waals surface area contributed by atoms with Crippen molar-refractivity contribution in [3.05, 3.63) is 12.2 Å². The molecular formula is C80H158NO8P. The van der Waals surface area contributed by atoms with Gasteiger partial charge in [0.25, 0.3) is 7.82 Å². The zero-order valence-corrected chi connectivity index (χ0v) is 62.3. The Kier molecular flexibility index (Phi) is 71.0. The van der Waals surface area contributed by atoms with Crippen LogP contribution >= 0.6 is 7.82 Å². The Morgan fingerprint density at radius 3 is 0.822 bits per heavy atom. The van der Waals surface area contributed by atoms with Crippen molar-refractivity contribution in [1.29, 1.82) is 0 Å². The Labute approximate surface area is 562 Å². The van der Waals surface area contributed by atoms with Gasteiger partial charge in [0.1, 0.15) is 19.8 Å². The number of nitrogens with zero attached hydrogens (tertiary/aromatic N) is 1. The van der Waals surface area contributed by atoms with Crippen molar-refractivity contribution in [2.45, 2.75) is 444 Å². The van der Waals surface area contributed by atoms with Crippen LogP contribution in [-0.4, -0.2) is 70.0 Å². The normalized spacial score (nSPS) is 13.0. The molecule has 10 heteroatoms. The van der Waals surface area contributed by atoms with Gasteiger partial charge in [0.05, 0.1) is 27.7 Å². The predicted molar refractivity (Wildman–Crippen MR) is 388 cm³/mol. The highest BCUT2D eigenvalue weighted by Crippen LogP contribution is 2.38. The molecule has 9 nitrogen and oxygen atoms in total. The minimum Gasteiger partial charge on any atom is -0.756 e. The monoisotopic (exact) mass is 1290 g/mol. The van der Waals surface area contributed by atoms with Crippen LogP contribution in [0.2, 0.25) is 0 Å². The molecule has 536 valence electrons. The first-order chi connectivity index (χ1) is 44.0. The van der Waals surface area contributed by atoms with Crippen molar-refractivity contribution in [2.24, 2.45) is 0 Å². The quantitative estimate of drug-likeness (QED) is 0.0195. The van der Waals surface area contributed by atoms with Gasteiger partial charge < -0.3 is 27.9 Å². The van der Waals surface area contributed by atoms with E-state index in [1.165, 1.54) is 372 Å². The lowest BCUT2D eigenvalue weighted by molar-refractivity contribution is -0.870. The molecule has 0 aliphatic rings. The number of allylic oxidation sites excluding steroid dienone is 2. The van der Waals surface area contributed by atoms with Crippen molar-refractivity contribution in [1.82, 2.24) is 0 Å². The summed E-state index contributed by atoms with van der Waals surface area (Å²) in [6.45, 7) is 4.33. The molecule has 0 fully saturated rings. The van der Waals surface area contributed by atoms with E-state index in [0.717, 1.165) is 32.1 Å². The molecule has 90 heavy (non-hydrogen) atoms. The number of hydrogen-bond acceptors (Lipinski definition) is 8. The molecule has 0 aromatic heterocycles. The van der Waals surface area contributed by atoms with E-state index in [-0.39, 0.29) is 32.0 Å². The number of phosphoric ester groups is 1. The van der Waals surface area contributed by atoms with Gasteiger partial charge >= 0.3 is 11.9 Å². The average Bonchev–Trinajstić information content (AvgIpc) is 3.58. The van der Waals surface area contributed by atoms with Crippen LogP contribution in [0.3, 0.4) is 0 Å². The Morgan fingerprint density at radius 1 is 0.333 bits per heavy atom. The van der Waals surface area contributed by atoms with E-state index in [9.17, 15) is 19.0 Å². The second kappa shape index (κ2) is 72.0. The molecule has 0 heterocycles. The molecule has 2 atom stereocenters. The molecule has 0 radical (unpaired) electrons. The van der Waals surface area contributed by atoms with E-state index in [1.54, 1.807) is 0 Å². The number of unbranched alkanes of at least 4 members (excludes halogenated alkanes) is 61. The standard InChI is InChI=1S/C80H158NO8P/c1-6-8-10-12-14-16-18-20-22-24-26-28-30-32-33-34-35-36-37-38-39-40-41-42-43-44-45-46-47-49-50-52-54-56-58-60-62-64-66-68-70-72-79(82)86-76-78(77-88-90(84,85)87-75-74-81(3,4)5)89-80(83)73-71-69-67-65-63-61-59-57-55-53-51-48-31-29-27-25-23-21-19-17-15-13-11-9-7-2/h25,27,78H,6-24,26,28-77H2,1-5H3/b27-25-. The fourth-order valence-electron chi connectivity index (χ4n) is 12.6. The van der Waals surface area contributed by atoms with Crippen LogP contribution < -0.4 is 4.89 Å². The molecule has 0 saturated heterocycles. The zero-order valence-electron chi connectivity index (χ0n) is 61.4. The molecule has 0 aromatic rings. The van der Waals surface area contributed by atoms with Gasteiger partial charge in [-0.1, -0.05) is 398 Å². The lowest BCUT2D eigenvalue weighted by Crippen LogP contribution is -2.37. The number of esters is 2. The van der Waals surface area contributed by atoms with Crippen LogP contribution in [0.5, 0.6) is 0 Å². The number of likely N-dealkylation sites (N-methyl/N-ethyl adjacent to an activating group) is 1. The number of quaternary nitrogens is 1. The summed E-state index contributed by atoms with van der Waals surface area (Å²) in [4.78, 5) is 38.1. The van der Waals surface area contributed by atoms with Crippen molar-refractivity contribution in [3.8, 4) is 0 Å². The second-order valence-corrected chi connectivity index (χ2v) is 30.6. The zero-order chi connectivity index (χ0) is 65.5. The van der Waals surface area contributed by atoms with Crippen molar-refractivity contribution < 1.29 is 42.1 Å². The number of phosphoric acid groups is 1. The predicted octanol–water partition coefficient (Wildman–Crippen LogP) is 26.0. The minimum atomic E-state index is -4.64. The molecule has 0 spiro atoms. The molecule has 0 aliphatic heterocycles. The molecule has 0 saturated carbocycles. The van der Waals surface area contributed by atoms with E-state index < -0.39 is 26.5 Å². The summed E-state index contributed by atoms with van der Waals surface area (Å²) in [6, 6.07) is 0. The SMILES string of the molecule is CCCCCCCCCC/C=C\CCCCCCCCCCCCCCCC(=O)OC(COC(=O)CCCCCCCCCCCCCCCCCCCCCCCCCCCCCCCCCCCCCCCCCCC)COP(=O)([O-])OCC[N+](C)(C)C. The number of carbonyl (C=O) groups excluding carboxylic acids is 2. The van der Waals surface area contributed by atoms with Crippen LogP contribution in [-0.2, 0) is 32.7 Å². The van der Waals surface area contributed by atoms with Crippen molar-refractivity contribution in [3.63, 3.8) is 0 Å². The summed E-state index contributed by atoms with van der Waals surface area (Å²) in [7, 11) is 1.19. The summed E-state index contributed by atoms with van der Waals surface area (Å²) < 4.78 is 34.4. The lowest BCUT2D eigenvalue weighted by Gasteiger charge is -2.28. The van der Waals surface area contributed by atoms with Crippen LogP contribution in [0, 0.1) is 0 Å². The molecule has 0 rings (SSSR count). The number of ether oxygens (including phenoxy) is 2. The highest BCUT2D eigenvalue weighted by Gasteiger charge is 2.22. The molecule has 0 amide bonds. The molecule has 0 bridgehead atoms. The Hall–Kier alpha value is -1.25. The van der Waals surface area contributed by atoms with E-state index >= 15 is 0 Å². The smallest absolute Gasteiger partial charge is 0.306 e. The van der Waals surface area contributed by atoms with Crippen molar-refractivity contribution >= 4 is 19.8 Å². The fraction of sp³-hybridized carbons (Fsp3) is 0.950. The van der Waals surface area contributed by atoms with Gasteiger partial charge in [-0.05, 0) is 38.5 Å². The number of carbonyl (C=O) groups is 2. The third-order valence-electron chi connectivity index (χ3n) is 18.8. The summed E-state index contributed by atoms with van der Waals surface area (Å²) in [5.74, 6) is -0.806. The first-order valence-electron chi connectivity index (χ1n) is 40.4. The third-order valence-corrected chi connectivity index (χ3v) is 19.7. The lowest BCUT2D eigenvalue weighted by atomic mass is 10.0. The van der Waals surface area contributed by atoms with Gasteiger partial charge in [-0.25, -0.2) is 0 Å². The summed E-state index contributed by atoms with van der Waals surface area (Å²) in [5, 5.41) is 0. The highest BCUT2D eigenvalue weighted by molar-refractivity contribution is 7.45. The summed E-state index contributed by atoms with van der Waals surface area (Å²) in [5.41, 5.74) is 0. The van der Waals surface area contributed by atoms with Crippen molar-refractivity contribution in [2.75, 3.05) is 47.5 Å². The van der Waals surface area contributed by atoms with E-state index in [1.807, 2.05) is 21.1 Å². The van der Waals surface area contributed by atoms with Gasteiger partial charge in [-0.3, -0.25) is 14.2 Å². The van der Waals surface area contributed by atoms with Crippen LogP contribution in [0.25, 0.3) is 0 Å². The second-order valence-electron chi connectivity index (χ2n) is 29.1.